The topological polar surface area (TPSA) is 210 Å². The summed E-state index contributed by atoms with van der Waals surface area (Å²) in [7, 11) is 0. The van der Waals surface area contributed by atoms with Crippen molar-refractivity contribution in [2.45, 2.75) is 140 Å². The fourth-order valence-electron chi connectivity index (χ4n) is 15.4. The summed E-state index contributed by atoms with van der Waals surface area (Å²) in [5.74, 6) is -7.87. The summed E-state index contributed by atoms with van der Waals surface area (Å²) in [5, 5.41) is 0. The highest BCUT2D eigenvalue weighted by Gasteiger charge is 2.67. The Bertz CT molecular complexity index is 2020. The van der Waals surface area contributed by atoms with E-state index in [0.717, 1.165) is 12.8 Å². The van der Waals surface area contributed by atoms with Gasteiger partial charge in [0.05, 0.1) is 47.3 Å². The summed E-state index contributed by atoms with van der Waals surface area (Å²) >= 11 is 0. The van der Waals surface area contributed by atoms with Crippen molar-refractivity contribution in [1.29, 1.82) is 0 Å². The lowest BCUT2D eigenvalue weighted by Gasteiger charge is -2.32. The Kier molecular flexibility index (Phi) is 8.97. The Balaban J connectivity index is 0.801. The maximum absolute atomic E-state index is 14.6. The summed E-state index contributed by atoms with van der Waals surface area (Å²) in [5.41, 5.74) is 0. The summed E-state index contributed by atoms with van der Waals surface area (Å²) < 4.78 is 47.5. The first kappa shape index (κ1) is 39.4. The van der Waals surface area contributed by atoms with Gasteiger partial charge in [-0.2, -0.15) is 0 Å². The number of esters is 8. The molecule has 0 amide bonds. The molecule has 12 rings (SSSR count). The Morgan fingerprint density at radius 1 is 0.452 bits per heavy atom. The van der Waals surface area contributed by atoms with Crippen molar-refractivity contribution in [2.24, 2.45) is 94.7 Å². The third-order valence-corrected chi connectivity index (χ3v) is 18.3. The van der Waals surface area contributed by atoms with Crippen LogP contribution in [0.1, 0.15) is 90.9 Å². The largest absolute Gasteiger partial charge is 0.458 e. The standard InChI is InChI=1S/C46H54O16/c1-3-16(40(48)56-32-18-8-24-28(12-18)44(52)60-36(24)32)5-22(42(50)58-34-20-10-26-30(14-20)46(54)62-38(26)34)6-21(41(49)57-33-19-9-25-29(13-19)45(53)61-37(25)33)4-15(2)39(47)55-31-17-7-23-27(11-17)43(51)59-35(23)31/h15-38H,3-14H2,1-2H3. The second-order valence-corrected chi connectivity index (χ2v) is 21.3. The Hall–Kier alpha value is -4.24. The molecule has 8 bridgehead atoms. The van der Waals surface area contributed by atoms with Gasteiger partial charge in [0.25, 0.3) is 0 Å². The number of fused-ring (bicyclic) bond motifs is 4. The molecule has 12 aliphatic rings. The second kappa shape index (κ2) is 14.1. The van der Waals surface area contributed by atoms with Gasteiger partial charge in [-0.1, -0.05) is 13.8 Å². The van der Waals surface area contributed by atoms with Gasteiger partial charge in [0.1, 0.15) is 48.8 Å². The van der Waals surface area contributed by atoms with Crippen molar-refractivity contribution in [2.75, 3.05) is 0 Å². The molecule has 0 spiro atoms. The van der Waals surface area contributed by atoms with E-state index in [0.29, 0.717) is 44.9 Å². The zero-order chi connectivity index (χ0) is 42.6. The fourth-order valence-corrected chi connectivity index (χ4v) is 15.4. The van der Waals surface area contributed by atoms with Crippen LogP contribution in [-0.2, 0) is 76.3 Å². The fraction of sp³-hybridized carbons (Fsp3) is 0.826. The highest BCUT2D eigenvalue weighted by molar-refractivity contribution is 5.82. The summed E-state index contributed by atoms with van der Waals surface area (Å²) in [4.78, 5) is 107. The molecule has 4 saturated heterocycles. The molecule has 0 N–H and O–H groups in total. The van der Waals surface area contributed by atoms with E-state index < -0.39 is 96.4 Å². The molecule has 16 nitrogen and oxygen atoms in total. The smallest absolute Gasteiger partial charge is 0.309 e. The molecule has 4 heterocycles. The van der Waals surface area contributed by atoms with Crippen LogP contribution in [0.5, 0.6) is 0 Å². The summed E-state index contributed by atoms with van der Waals surface area (Å²) in [6, 6.07) is 0. The third kappa shape index (κ3) is 5.80. The van der Waals surface area contributed by atoms with E-state index in [1.165, 1.54) is 0 Å². The van der Waals surface area contributed by atoms with Crippen LogP contribution in [0.3, 0.4) is 0 Å². The lowest BCUT2D eigenvalue weighted by molar-refractivity contribution is -0.173. The number of carbonyl (C=O) groups excluding carboxylic acids is 8. The van der Waals surface area contributed by atoms with Crippen LogP contribution >= 0.6 is 0 Å². The van der Waals surface area contributed by atoms with Crippen molar-refractivity contribution in [3.8, 4) is 0 Å². The van der Waals surface area contributed by atoms with E-state index in [-0.39, 0.29) is 114 Å². The molecular formula is C46H54O16. The number of hydrogen-bond acceptors (Lipinski definition) is 16. The number of ether oxygens (including phenoxy) is 8. The predicted molar refractivity (Wildman–Crippen MR) is 202 cm³/mol. The SMILES string of the molecule is CCC(CC(CC(CC(C)C(=O)OC1C2CC3C(=O)OC1C3C2)C(=O)OC1C2CC3C(=O)OC1C3C2)C(=O)OC1C2CC3C(=O)OC1C3C2)C(=O)OC1C2CC3C(=O)OC1C3C2. The molecule has 0 aromatic heterocycles. The van der Waals surface area contributed by atoms with Gasteiger partial charge in [0.2, 0.25) is 0 Å². The van der Waals surface area contributed by atoms with Gasteiger partial charge in [-0.15, -0.1) is 0 Å². The maximum Gasteiger partial charge on any atom is 0.309 e. The molecule has 0 radical (unpaired) electrons. The first-order valence-electron chi connectivity index (χ1n) is 23.5. The van der Waals surface area contributed by atoms with E-state index >= 15 is 0 Å². The zero-order valence-electron chi connectivity index (χ0n) is 34.9. The Morgan fingerprint density at radius 2 is 0.742 bits per heavy atom. The van der Waals surface area contributed by atoms with Gasteiger partial charge >= 0.3 is 47.8 Å². The zero-order valence-corrected chi connectivity index (χ0v) is 34.9. The average molecular weight is 863 g/mol. The Labute approximate surface area is 357 Å². The van der Waals surface area contributed by atoms with Crippen molar-refractivity contribution in [3.05, 3.63) is 0 Å². The number of hydrogen-bond donors (Lipinski definition) is 0. The van der Waals surface area contributed by atoms with Crippen LogP contribution in [0.4, 0.5) is 0 Å². The van der Waals surface area contributed by atoms with Gasteiger partial charge < -0.3 is 37.9 Å². The van der Waals surface area contributed by atoms with Crippen LogP contribution < -0.4 is 0 Å². The monoisotopic (exact) mass is 862 g/mol. The van der Waals surface area contributed by atoms with Crippen LogP contribution in [0.2, 0.25) is 0 Å². The van der Waals surface area contributed by atoms with E-state index in [4.69, 9.17) is 37.9 Å². The van der Waals surface area contributed by atoms with Crippen molar-refractivity contribution in [1.82, 2.24) is 0 Å². The highest BCUT2D eigenvalue weighted by Crippen LogP contribution is 2.59. The molecule has 334 valence electrons. The minimum Gasteiger partial charge on any atom is -0.458 e. The Morgan fingerprint density at radius 3 is 1.08 bits per heavy atom. The normalized spacial score (nSPS) is 47.6. The van der Waals surface area contributed by atoms with Gasteiger partial charge in [0, 0.05) is 47.3 Å². The molecule has 4 aliphatic heterocycles. The van der Waals surface area contributed by atoms with Gasteiger partial charge in [-0.05, 0) is 77.0 Å². The number of rotatable bonds is 15. The molecule has 24 unspecified atom stereocenters. The summed E-state index contributed by atoms with van der Waals surface area (Å²) in [6.45, 7) is 3.49. The second-order valence-electron chi connectivity index (χ2n) is 21.3. The van der Waals surface area contributed by atoms with Crippen LogP contribution in [0, 0.1) is 94.7 Å². The first-order valence-corrected chi connectivity index (χ1v) is 23.5. The van der Waals surface area contributed by atoms with Crippen molar-refractivity contribution >= 4 is 47.8 Å². The summed E-state index contributed by atoms with van der Waals surface area (Å²) in [6.07, 6.45) is 0.839. The molecule has 16 heteroatoms. The van der Waals surface area contributed by atoms with Crippen molar-refractivity contribution in [3.63, 3.8) is 0 Å². The van der Waals surface area contributed by atoms with E-state index in [2.05, 4.69) is 0 Å². The lowest BCUT2D eigenvalue weighted by Crippen LogP contribution is -2.41. The van der Waals surface area contributed by atoms with Crippen LogP contribution in [0.25, 0.3) is 0 Å². The molecule has 8 aliphatic carbocycles. The van der Waals surface area contributed by atoms with Gasteiger partial charge in [-0.3, -0.25) is 38.4 Å². The molecule has 24 atom stereocenters. The molecule has 0 aromatic carbocycles. The first-order chi connectivity index (χ1) is 29.8. The molecule has 8 saturated carbocycles. The number of carbonyl (C=O) groups is 8. The minimum absolute atomic E-state index is 0.0146. The van der Waals surface area contributed by atoms with E-state index in [1.54, 1.807) is 6.92 Å². The lowest BCUT2D eigenvalue weighted by atomic mass is 9.82. The van der Waals surface area contributed by atoms with Gasteiger partial charge in [0.15, 0.2) is 0 Å². The predicted octanol–water partition coefficient (Wildman–Crippen LogP) is 3.02. The molecule has 12 fully saturated rings. The van der Waals surface area contributed by atoms with Gasteiger partial charge in [-0.25, -0.2) is 0 Å². The molecular weight excluding hydrogens is 808 g/mol. The van der Waals surface area contributed by atoms with E-state index in [9.17, 15) is 38.4 Å². The van der Waals surface area contributed by atoms with Crippen LogP contribution in [-0.4, -0.2) is 96.6 Å². The minimum atomic E-state index is -1.04. The van der Waals surface area contributed by atoms with Crippen LogP contribution in [0.15, 0.2) is 0 Å². The average Bonchev–Trinajstić information content (AvgIpc) is 4.10. The maximum atomic E-state index is 14.6. The highest BCUT2D eigenvalue weighted by atomic mass is 16.6. The van der Waals surface area contributed by atoms with E-state index in [1.807, 2.05) is 6.92 Å². The third-order valence-electron chi connectivity index (χ3n) is 18.3. The molecule has 0 aromatic rings. The molecule has 62 heavy (non-hydrogen) atoms. The van der Waals surface area contributed by atoms with Crippen molar-refractivity contribution < 1.29 is 76.3 Å². The quantitative estimate of drug-likeness (QED) is 0.171.